The van der Waals surface area contributed by atoms with E-state index in [-0.39, 0.29) is 0 Å². The number of benzene rings is 1. The van der Waals surface area contributed by atoms with Crippen LogP contribution in [0.1, 0.15) is 18.9 Å². The van der Waals surface area contributed by atoms with Crippen LogP contribution in [0.25, 0.3) is 0 Å². The summed E-state index contributed by atoms with van der Waals surface area (Å²) in [6, 6.07) is 8.23. The van der Waals surface area contributed by atoms with Gasteiger partial charge in [-0.15, -0.1) is 0 Å². The van der Waals surface area contributed by atoms with Crippen molar-refractivity contribution in [3.8, 4) is 5.75 Å². The number of aliphatic hydroxyl groups excluding tert-OH is 1. The lowest BCUT2D eigenvalue weighted by molar-refractivity contribution is 0.204. The lowest BCUT2D eigenvalue weighted by Gasteiger charge is -2.17. The van der Waals surface area contributed by atoms with Crippen LogP contribution in [0, 0.1) is 5.92 Å². The number of aryl methyl sites for hydroxylation is 1. The summed E-state index contributed by atoms with van der Waals surface area (Å²) in [7, 11) is 0. The van der Waals surface area contributed by atoms with E-state index in [0.717, 1.165) is 44.8 Å². The molecule has 18 heavy (non-hydrogen) atoms. The third kappa shape index (κ3) is 3.47. The summed E-state index contributed by atoms with van der Waals surface area (Å²) in [5.74, 6) is 1.48. The average Bonchev–Trinajstić information content (AvgIpc) is 2.87. The Kier molecular flexibility index (Phi) is 5.02. The highest BCUT2D eigenvalue weighted by atomic mass is 16.5. The quantitative estimate of drug-likeness (QED) is 0.836. The minimum absolute atomic E-state index is 0.316. The van der Waals surface area contributed by atoms with Crippen molar-refractivity contribution in [2.24, 2.45) is 5.92 Å². The van der Waals surface area contributed by atoms with Gasteiger partial charge in [0.15, 0.2) is 0 Å². The number of hydrogen-bond donors (Lipinski definition) is 1. The Morgan fingerprint density at radius 1 is 1.39 bits per heavy atom. The molecule has 3 nitrogen and oxygen atoms in total. The van der Waals surface area contributed by atoms with Gasteiger partial charge in [-0.3, -0.25) is 4.90 Å². The molecule has 1 fully saturated rings. The first kappa shape index (κ1) is 13.4. The minimum Gasteiger partial charge on any atom is -0.492 e. The van der Waals surface area contributed by atoms with Crippen LogP contribution in [0.3, 0.4) is 0 Å². The van der Waals surface area contributed by atoms with Crippen LogP contribution in [-0.4, -0.2) is 42.9 Å². The number of hydrogen-bond acceptors (Lipinski definition) is 3. The zero-order valence-corrected chi connectivity index (χ0v) is 11.1. The van der Waals surface area contributed by atoms with Gasteiger partial charge in [0.1, 0.15) is 12.4 Å². The SMILES string of the molecule is CCc1ccccc1OCCN1CCC(CO)C1. The zero-order chi connectivity index (χ0) is 12.8. The van der Waals surface area contributed by atoms with Crippen LogP contribution in [0.2, 0.25) is 0 Å². The molecule has 2 rings (SSSR count). The van der Waals surface area contributed by atoms with Crippen LogP contribution in [0.15, 0.2) is 24.3 Å². The van der Waals surface area contributed by atoms with Gasteiger partial charge < -0.3 is 9.84 Å². The average molecular weight is 249 g/mol. The summed E-state index contributed by atoms with van der Waals surface area (Å²) < 4.78 is 5.85. The van der Waals surface area contributed by atoms with Gasteiger partial charge in [0.05, 0.1) is 0 Å². The second-order valence-corrected chi connectivity index (χ2v) is 4.95. The second kappa shape index (κ2) is 6.76. The zero-order valence-electron chi connectivity index (χ0n) is 11.1. The van der Waals surface area contributed by atoms with Crippen LogP contribution in [0.5, 0.6) is 5.75 Å². The van der Waals surface area contributed by atoms with E-state index in [4.69, 9.17) is 9.84 Å². The highest BCUT2D eigenvalue weighted by Crippen LogP contribution is 2.19. The molecule has 0 aromatic heterocycles. The van der Waals surface area contributed by atoms with Gasteiger partial charge >= 0.3 is 0 Å². The van der Waals surface area contributed by atoms with Crippen LogP contribution >= 0.6 is 0 Å². The standard InChI is InChI=1S/C15H23NO2/c1-2-14-5-3-4-6-15(14)18-10-9-16-8-7-13(11-16)12-17/h3-6,13,17H,2,7-12H2,1H3. The molecule has 1 aromatic rings. The van der Waals surface area contributed by atoms with E-state index in [1.165, 1.54) is 5.56 Å². The fourth-order valence-electron chi connectivity index (χ4n) is 2.49. The first-order valence-electron chi connectivity index (χ1n) is 6.87. The van der Waals surface area contributed by atoms with Crippen molar-refractivity contribution in [3.05, 3.63) is 29.8 Å². The lowest BCUT2D eigenvalue weighted by atomic mass is 10.1. The van der Waals surface area contributed by atoms with E-state index in [9.17, 15) is 0 Å². The minimum atomic E-state index is 0.316. The van der Waals surface area contributed by atoms with Crippen LogP contribution < -0.4 is 4.74 Å². The van der Waals surface area contributed by atoms with E-state index in [1.807, 2.05) is 12.1 Å². The van der Waals surface area contributed by atoms with Crippen molar-refractivity contribution in [1.29, 1.82) is 0 Å². The van der Waals surface area contributed by atoms with Crippen LogP contribution in [-0.2, 0) is 6.42 Å². The van der Waals surface area contributed by atoms with Gasteiger partial charge in [-0.1, -0.05) is 25.1 Å². The smallest absolute Gasteiger partial charge is 0.122 e. The monoisotopic (exact) mass is 249 g/mol. The first-order chi connectivity index (χ1) is 8.83. The number of para-hydroxylation sites is 1. The molecule has 0 bridgehead atoms. The van der Waals surface area contributed by atoms with Crippen molar-refractivity contribution in [2.75, 3.05) is 32.8 Å². The maximum absolute atomic E-state index is 9.10. The summed E-state index contributed by atoms with van der Waals surface area (Å²) in [5, 5.41) is 9.10. The van der Waals surface area contributed by atoms with E-state index >= 15 is 0 Å². The van der Waals surface area contributed by atoms with Crippen molar-refractivity contribution in [3.63, 3.8) is 0 Å². The summed E-state index contributed by atoms with van der Waals surface area (Å²) in [6.45, 7) is 6.24. The highest BCUT2D eigenvalue weighted by molar-refractivity contribution is 5.33. The van der Waals surface area contributed by atoms with E-state index < -0.39 is 0 Å². The largest absolute Gasteiger partial charge is 0.492 e. The molecule has 1 saturated heterocycles. The molecule has 0 radical (unpaired) electrons. The number of aliphatic hydroxyl groups is 1. The molecule has 1 aliphatic heterocycles. The molecule has 1 heterocycles. The highest BCUT2D eigenvalue weighted by Gasteiger charge is 2.21. The van der Waals surface area contributed by atoms with Gasteiger partial charge in [0.2, 0.25) is 0 Å². The Labute approximate surface area is 109 Å². The third-order valence-corrected chi connectivity index (χ3v) is 3.65. The lowest BCUT2D eigenvalue weighted by Crippen LogP contribution is -2.26. The number of likely N-dealkylation sites (tertiary alicyclic amines) is 1. The second-order valence-electron chi connectivity index (χ2n) is 4.95. The van der Waals surface area contributed by atoms with Gasteiger partial charge in [0.25, 0.3) is 0 Å². The van der Waals surface area contributed by atoms with E-state index in [0.29, 0.717) is 12.5 Å². The number of ether oxygens (including phenoxy) is 1. The maximum Gasteiger partial charge on any atom is 0.122 e. The molecule has 1 N–H and O–H groups in total. The molecule has 0 amide bonds. The third-order valence-electron chi connectivity index (χ3n) is 3.65. The fraction of sp³-hybridized carbons (Fsp3) is 0.600. The molecule has 1 unspecified atom stereocenters. The maximum atomic E-state index is 9.10. The summed E-state index contributed by atoms with van der Waals surface area (Å²) >= 11 is 0. The number of nitrogens with zero attached hydrogens (tertiary/aromatic N) is 1. The number of rotatable bonds is 6. The molecule has 0 saturated carbocycles. The molecule has 1 aliphatic rings. The summed E-state index contributed by atoms with van der Waals surface area (Å²) in [5.41, 5.74) is 1.27. The Balaban J connectivity index is 1.75. The van der Waals surface area contributed by atoms with Crippen molar-refractivity contribution >= 4 is 0 Å². The first-order valence-corrected chi connectivity index (χ1v) is 6.87. The molecule has 3 heteroatoms. The van der Waals surface area contributed by atoms with Gasteiger partial charge in [-0.05, 0) is 36.9 Å². The Bertz CT molecular complexity index is 367. The van der Waals surface area contributed by atoms with Gasteiger partial charge in [0, 0.05) is 19.7 Å². The van der Waals surface area contributed by atoms with Crippen molar-refractivity contribution < 1.29 is 9.84 Å². The molecule has 0 spiro atoms. The topological polar surface area (TPSA) is 32.7 Å². The summed E-state index contributed by atoms with van der Waals surface area (Å²) in [6.07, 6.45) is 2.12. The van der Waals surface area contributed by atoms with Gasteiger partial charge in [-0.2, -0.15) is 0 Å². The van der Waals surface area contributed by atoms with E-state index in [1.54, 1.807) is 0 Å². The Morgan fingerprint density at radius 3 is 2.94 bits per heavy atom. The predicted octanol–water partition coefficient (Wildman–Crippen LogP) is 1.94. The Hall–Kier alpha value is -1.06. The normalized spacial score (nSPS) is 20.2. The van der Waals surface area contributed by atoms with Crippen molar-refractivity contribution in [1.82, 2.24) is 4.90 Å². The van der Waals surface area contributed by atoms with Crippen molar-refractivity contribution in [2.45, 2.75) is 19.8 Å². The molecule has 100 valence electrons. The fourth-order valence-corrected chi connectivity index (χ4v) is 2.49. The predicted molar refractivity (Wildman–Crippen MR) is 72.9 cm³/mol. The molecule has 1 atom stereocenters. The Morgan fingerprint density at radius 2 is 2.22 bits per heavy atom. The molecular formula is C15H23NO2. The van der Waals surface area contributed by atoms with E-state index in [2.05, 4.69) is 24.0 Å². The molecule has 1 aromatic carbocycles. The molecular weight excluding hydrogens is 226 g/mol. The van der Waals surface area contributed by atoms with Gasteiger partial charge in [-0.25, -0.2) is 0 Å². The van der Waals surface area contributed by atoms with Crippen LogP contribution in [0.4, 0.5) is 0 Å². The summed E-state index contributed by atoms with van der Waals surface area (Å²) in [4.78, 5) is 2.37. The molecule has 0 aliphatic carbocycles.